The first kappa shape index (κ1) is 12.2. The number of amides is 1. The summed E-state index contributed by atoms with van der Waals surface area (Å²) in [4.78, 5) is 11.9. The topological polar surface area (TPSA) is 68.3 Å². The quantitative estimate of drug-likeness (QED) is 0.811. The second kappa shape index (κ2) is 5.40. The maximum absolute atomic E-state index is 11.9. The van der Waals surface area contributed by atoms with Gasteiger partial charge in [0.15, 0.2) is 0 Å². The van der Waals surface area contributed by atoms with Crippen LogP contribution >= 0.6 is 0 Å². The zero-order valence-corrected chi connectivity index (χ0v) is 10.3. The first-order valence-corrected chi connectivity index (χ1v) is 5.91. The molecule has 0 aliphatic rings. The molecule has 1 aromatic carbocycles. The van der Waals surface area contributed by atoms with Crippen LogP contribution in [0.4, 0.5) is 5.69 Å². The molecular weight excluding hydrogens is 228 g/mol. The van der Waals surface area contributed by atoms with E-state index in [0.29, 0.717) is 17.8 Å². The van der Waals surface area contributed by atoms with Crippen LogP contribution in [0.25, 0.3) is 0 Å². The largest absolute Gasteiger partial charge is 0.464 e. The molecule has 2 aromatic rings. The van der Waals surface area contributed by atoms with Crippen molar-refractivity contribution in [3.63, 3.8) is 0 Å². The van der Waals surface area contributed by atoms with Gasteiger partial charge in [0.25, 0.3) is 5.91 Å². The third-order valence-electron chi connectivity index (χ3n) is 2.69. The third kappa shape index (κ3) is 2.71. The average Bonchev–Trinajstić information content (AvgIpc) is 2.84. The Balaban J connectivity index is 1.98. The van der Waals surface area contributed by atoms with Gasteiger partial charge in [0.1, 0.15) is 11.5 Å². The first-order chi connectivity index (χ1) is 8.70. The van der Waals surface area contributed by atoms with Crippen LogP contribution in [-0.4, -0.2) is 5.91 Å². The van der Waals surface area contributed by atoms with Gasteiger partial charge in [-0.2, -0.15) is 0 Å². The second-order valence-corrected chi connectivity index (χ2v) is 3.99. The lowest BCUT2D eigenvalue weighted by Gasteiger charge is -2.05. The molecule has 1 amide bonds. The predicted octanol–water partition coefficient (Wildman–Crippen LogP) is 2.35. The molecule has 94 valence electrons. The predicted molar refractivity (Wildman–Crippen MR) is 70.1 cm³/mol. The molecule has 0 spiro atoms. The van der Waals surface area contributed by atoms with Crippen LogP contribution in [0.3, 0.4) is 0 Å². The van der Waals surface area contributed by atoms with Crippen molar-refractivity contribution in [2.75, 3.05) is 5.73 Å². The molecule has 1 aromatic heterocycles. The van der Waals surface area contributed by atoms with E-state index in [1.165, 1.54) is 0 Å². The summed E-state index contributed by atoms with van der Waals surface area (Å²) in [7, 11) is 0. The number of nitrogens with two attached hydrogens (primary N) is 1. The highest BCUT2D eigenvalue weighted by molar-refractivity contribution is 5.98. The minimum atomic E-state index is -0.192. The number of carbonyl (C=O) groups excluding carboxylic acids is 1. The van der Waals surface area contributed by atoms with E-state index in [0.717, 1.165) is 17.9 Å². The standard InChI is InChI=1S/C14H16N2O2/c1-2-10-7-8-11(18-10)9-16-14(17)12-5-3-4-6-13(12)15/h3-8H,2,9,15H2,1H3,(H,16,17). The molecule has 0 atom stereocenters. The number of nitrogens with one attached hydrogen (secondary N) is 1. The van der Waals surface area contributed by atoms with Gasteiger partial charge in [0.2, 0.25) is 0 Å². The first-order valence-electron chi connectivity index (χ1n) is 5.91. The van der Waals surface area contributed by atoms with Gasteiger partial charge in [0, 0.05) is 12.1 Å². The van der Waals surface area contributed by atoms with Crippen LogP contribution < -0.4 is 11.1 Å². The van der Waals surface area contributed by atoms with Gasteiger partial charge >= 0.3 is 0 Å². The SMILES string of the molecule is CCc1ccc(CNC(=O)c2ccccc2N)o1. The smallest absolute Gasteiger partial charge is 0.253 e. The second-order valence-electron chi connectivity index (χ2n) is 3.99. The molecule has 0 bridgehead atoms. The molecule has 0 fully saturated rings. The average molecular weight is 244 g/mol. The van der Waals surface area contributed by atoms with Crippen molar-refractivity contribution in [3.05, 3.63) is 53.5 Å². The van der Waals surface area contributed by atoms with Crippen LogP contribution in [0.5, 0.6) is 0 Å². The van der Waals surface area contributed by atoms with Gasteiger partial charge in [-0.05, 0) is 24.3 Å². The number of hydrogen-bond acceptors (Lipinski definition) is 3. The van der Waals surface area contributed by atoms with Crippen molar-refractivity contribution >= 4 is 11.6 Å². The summed E-state index contributed by atoms with van der Waals surface area (Å²) in [6.45, 7) is 2.39. The molecule has 4 nitrogen and oxygen atoms in total. The Kier molecular flexibility index (Phi) is 3.67. The summed E-state index contributed by atoms with van der Waals surface area (Å²) in [6, 6.07) is 10.8. The van der Waals surface area contributed by atoms with E-state index in [2.05, 4.69) is 5.32 Å². The van der Waals surface area contributed by atoms with Gasteiger partial charge < -0.3 is 15.5 Å². The van der Waals surface area contributed by atoms with E-state index in [4.69, 9.17) is 10.2 Å². The van der Waals surface area contributed by atoms with Crippen LogP contribution in [0.1, 0.15) is 28.8 Å². The molecule has 0 saturated heterocycles. The molecule has 1 heterocycles. The number of aryl methyl sites for hydroxylation is 1. The fraction of sp³-hybridized carbons (Fsp3) is 0.214. The van der Waals surface area contributed by atoms with Crippen LogP contribution in [-0.2, 0) is 13.0 Å². The van der Waals surface area contributed by atoms with Gasteiger partial charge in [-0.1, -0.05) is 19.1 Å². The van der Waals surface area contributed by atoms with Crippen molar-refractivity contribution < 1.29 is 9.21 Å². The minimum absolute atomic E-state index is 0.192. The Morgan fingerprint density at radius 2 is 1.94 bits per heavy atom. The van der Waals surface area contributed by atoms with Crippen LogP contribution in [0.2, 0.25) is 0 Å². The molecule has 18 heavy (non-hydrogen) atoms. The zero-order valence-electron chi connectivity index (χ0n) is 10.3. The lowest BCUT2D eigenvalue weighted by Crippen LogP contribution is -2.23. The maximum atomic E-state index is 11.9. The number of rotatable bonds is 4. The van der Waals surface area contributed by atoms with Crippen LogP contribution in [0, 0.1) is 0 Å². The van der Waals surface area contributed by atoms with E-state index >= 15 is 0 Å². The summed E-state index contributed by atoms with van der Waals surface area (Å²) >= 11 is 0. The lowest BCUT2D eigenvalue weighted by molar-refractivity contribution is 0.0948. The Hall–Kier alpha value is -2.23. The summed E-state index contributed by atoms with van der Waals surface area (Å²) in [5.41, 5.74) is 6.69. The maximum Gasteiger partial charge on any atom is 0.253 e. The van der Waals surface area contributed by atoms with E-state index in [-0.39, 0.29) is 5.91 Å². The summed E-state index contributed by atoms with van der Waals surface area (Å²) < 4.78 is 5.50. The van der Waals surface area contributed by atoms with Gasteiger partial charge in [0.05, 0.1) is 12.1 Å². The number of carbonyl (C=O) groups is 1. The number of nitrogen functional groups attached to an aromatic ring is 1. The van der Waals surface area contributed by atoms with Crippen LogP contribution in [0.15, 0.2) is 40.8 Å². The number of hydrogen-bond donors (Lipinski definition) is 2. The Morgan fingerprint density at radius 3 is 2.61 bits per heavy atom. The third-order valence-corrected chi connectivity index (χ3v) is 2.69. The fourth-order valence-corrected chi connectivity index (χ4v) is 1.67. The molecule has 0 unspecified atom stereocenters. The molecule has 0 saturated carbocycles. The molecule has 0 aliphatic carbocycles. The van der Waals surface area contributed by atoms with Crippen molar-refractivity contribution in [1.29, 1.82) is 0 Å². The van der Waals surface area contributed by atoms with Gasteiger partial charge in [-0.15, -0.1) is 0 Å². The van der Waals surface area contributed by atoms with Crippen molar-refractivity contribution in [2.45, 2.75) is 19.9 Å². The van der Waals surface area contributed by atoms with E-state index in [9.17, 15) is 4.79 Å². The highest BCUT2D eigenvalue weighted by Gasteiger charge is 2.09. The molecule has 2 rings (SSSR count). The molecule has 0 radical (unpaired) electrons. The van der Waals surface area contributed by atoms with Crippen molar-refractivity contribution in [3.8, 4) is 0 Å². The minimum Gasteiger partial charge on any atom is -0.464 e. The van der Waals surface area contributed by atoms with Crippen molar-refractivity contribution in [1.82, 2.24) is 5.32 Å². The molecule has 4 heteroatoms. The molecular formula is C14H16N2O2. The monoisotopic (exact) mass is 244 g/mol. The van der Waals surface area contributed by atoms with Crippen molar-refractivity contribution in [2.24, 2.45) is 0 Å². The summed E-state index contributed by atoms with van der Waals surface area (Å²) in [5, 5.41) is 2.78. The Morgan fingerprint density at radius 1 is 1.22 bits per heavy atom. The number of anilines is 1. The number of para-hydroxylation sites is 1. The van der Waals surface area contributed by atoms with E-state index in [1.807, 2.05) is 19.1 Å². The normalized spacial score (nSPS) is 10.3. The zero-order chi connectivity index (χ0) is 13.0. The summed E-state index contributed by atoms with van der Waals surface area (Å²) in [5.74, 6) is 1.47. The highest BCUT2D eigenvalue weighted by atomic mass is 16.3. The lowest BCUT2D eigenvalue weighted by atomic mass is 10.1. The van der Waals surface area contributed by atoms with Gasteiger partial charge in [-0.3, -0.25) is 4.79 Å². The molecule has 0 aliphatic heterocycles. The highest BCUT2D eigenvalue weighted by Crippen LogP contribution is 2.11. The Labute approximate surface area is 106 Å². The summed E-state index contributed by atoms with van der Waals surface area (Å²) in [6.07, 6.45) is 0.847. The van der Waals surface area contributed by atoms with Gasteiger partial charge in [-0.25, -0.2) is 0 Å². The Bertz CT molecular complexity index is 546. The number of benzene rings is 1. The molecule has 3 N–H and O–H groups in total. The van der Waals surface area contributed by atoms with E-state index in [1.54, 1.807) is 24.3 Å². The van der Waals surface area contributed by atoms with E-state index < -0.39 is 0 Å². The number of furan rings is 1. The fourth-order valence-electron chi connectivity index (χ4n) is 1.67.